The summed E-state index contributed by atoms with van der Waals surface area (Å²) in [6.07, 6.45) is 0.662. The molecule has 210 valence electrons. The van der Waals surface area contributed by atoms with Crippen molar-refractivity contribution in [3.05, 3.63) is 75.8 Å². The zero-order chi connectivity index (χ0) is 29.0. The average Bonchev–Trinajstić information content (AvgIpc) is 3.63. The number of carbonyl (C=O) groups is 2. The summed E-state index contributed by atoms with van der Waals surface area (Å²) in [5.41, 5.74) is 2.29. The van der Waals surface area contributed by atoms with Crippen LogP contribution in [0.25, 0.3) is 16.0 Å². The highest BCUT2D eigenvalue weighted by molar-refractivity contribution is 7.22. The number of ether oxygens (including phenoxy) is 4. The highest BCUT2D eigenvalue weighted by Crippen LogP contribution is 2.48. The molecule has 3 aromatic carbocycles. The number of carbonyl (C=O) groups excluding carboxylic acids is 2. The van der Waals surface area contributed by atoms with E-state index in [-0.39, 0.29) is 22.6 Å². The molecule has 2 aliphatic heterocycles. The summed E-state index contributed by atoms with van der Waals surface area (Å²) in [6.45, 7) is 1.96. The maximum atomic E-state index is 13.7. The van der Waals surface area contributed by atoms with Gasteiger partial charge in [-0.05, 0) is 66.6 Å². The summed E-state index contributed by atoms with van der Waals surface area (Å²) in [6, 6.07) is 12.7. The molecule has 3 heterocycles. The predicted molar refractivity (Wildman–Crippen MR) is 156 cm³/mol. The van der Waals surface area contributed by atoms with Crippen LogP contribution in [0.5, 0.6) is 23.0 Å². The number of nitrogens with zero attached hydrogens (tertiary/aromatic N) is 2. The number of Topliss-reactive ketones (excluding diaryl/α,β-unsaturated/α-hetero) is 1. The van der Waals surface area contributed by atoms with Crippen molar-refractivity contribution in [3.8, 4) is 23.0 Å². The van der Waals surface area contributed by atoms with E-state index < -0.39 is 17.7 Å². The number of aromatic nitrogens is 1. The molecule has 0 unspecified atom stereocenters. The first-order chi connectivity index (χ1) is 19.7. The Bertz CT molecular complexity index is 1740. The third-order valence-corrected chi connectivity index (χ3v) is 8.41. The fraction of sp³-hybridized carbons (Fsp3) is 0.233. The summed E-state index contributed by atoms with van der Waals surface area (Å²) in [5.74, 6) is -0.255. The minimum atomic E-state index is -1.05. The lowest BCUT2D eigenvalue weighted by Gasteiger charge is -2.24. The lowest BCUT2D eigenvalue weighted by molar-refractivity contribution is -0.132. The van der Waals surface area contributed by atoms with Gasteiger partial charge in [0.15, 0.2) is 16.6 Å². The van der Waals surface area contributed by atoms with Gasteiger partial charge < -0.3 is 24.1 Å². The second-order valence-corrected chi connectivity index (χ2v) is 11.1. The van der Waals surface area contributed by atoms with Crippen molar-refractivity contribution in [2.75, 3.05) is 26.2 Å². The van der Waals surface area contributed by atoms with Crippen LogP contribution in [0.3, 0.4) is 0 Å². The minimum absolute atomic E-state index is 0.000237. The van der Waals surface area contributed by atoms with Gasteiger partial charge in [-0.1, -0.05) is 22.9 Å². The first-order valence-corrected chi connectivity index (χ1v) is 13.9. The SMILES string of the molecule is COc1cc([C@H]2/C(=C(\O)c3ccc4c(c3)C[C@@H](C)O4)C(=O)C(=O)N2c2nc3ccc(Cl)cc3s2)cc(OC)c1OC. The van der Waals surface area contributed by atoms with Gasteiger partial charge in [-0.25, -0.2) is 4.98 Å². The lowest BCUT2D eigenvalue weighted by atomic mass is 9.94. The molecule has 1 saturated heterocycles. The molecule has 0 bridgehead atoms. The number of aliphatic hydroxyl groups is 1. The van der Waals surface area contributed by atoms with Crippen molar-refractivity contribution in [2.24, 2.45) is 0 Å². The molecule has 9 nitrogen and oxygen atoms in total. The van der Waals surface area contributed by atoms with Crippen LogP contribution in [0.15, 0.2) is 54.1 Å². The second-order valence-electron chi connectivity index (χ2n) is 9.69. The van der Waals surface area contributed by atoms with E-state index in [1.807, 2.05) is 6.92 Å². The number of hydrogen-bond acceptors (Lipinski definition) is 9. The Morgan fingerprint density at radius 3 is 2.46 bits per heavy atom. The minimum Gasteiger partial charge on any atom is -0.507 e. The van der Waals surface area contributed by atoms with Crippen LogP contribution in [0.4, 0.5) is 5.13 Å². The Hall–Kier alpha value is -4.28. The number of anilines is 1. The predicted octanol–water partition coefficient (Wildman–Crippen LogP) is 5.93. The van der Waals surface area contributed by atoms with E-state index in [4.69, 9.17) is 30.5 Å². The molecule has 0 saturated carbocycles. The van der Waals surface area contributed by atoms with Crippen molar-refractivity contribution in [2.45, 2.75) is 25.5 Å². The van der Waals surface area contributed by atoms with Gasteiger partial charge in [0.25, 0.3) is 5.78 Å². The van der Waals surface area contributed by atoms with Crippen molar-refractivity contribution < 1.29 is 33.6 Å². The molecule has 0 spiro atoms. The number of rotatable bonds is 6. The Morgan fingerprint density at radius 2 is 1.78 bits per heavy atom. The van der Waals surface area contributed by atoms with E-state index in [9.17, 15) is 14.7 Å². The number of halogens is 1. The summed E-state index contributed by atoms with van der Waals surface area (Å²) >= 11 is 7.41. The quantitative estimate of drug-likeness (QED) is 0.167. The van der Waals surface area contributed by atoms with Gasteiger partial charge in [0.1, 0.15) is 17.6 Å². The van der Waals surface area contributed by atoms with Gasteiger partial charge in [0, 0.05) is 17.0 Å². The number of amides is 1. The molecule has 11 heteroatoms. The number of methoxy groups -OCH3 is 3. The fourth-order valence-corrected chi connectivity index (χ4v) is 6.59. The second kappa shape index (κ2) is 10.3. The van der Waals surface area contributed by atoms with Crippen molar-refractivity contribution >= 4 is 55.7 Å². The number of hydrogen-bond donors (Lipinski definition) is 1. The van der Waals surface area contributed by atoms with Crippen LogP contribution in [0.2, 0.25) is 5.02 Å². The molecule has 1 N–H and O–H groups in total. The smallest absolute Gasteiger partial charge is 0.301 e. The van der Waals surface area contributed by atoms with E-state index in [1.54, 1.807) is 48.5 Å². The molecule has 4 aromatic rings. The topological polar surface area (TPSA) is 107 Å². The van der Waals surface area contributed by atoms with E-state index >= 15 is 0 Å². The molecule has 1 amide bonds. The molecule has 2 atom stereocenters. The highest BCUT2D eigenvalue weighted by Gasteiger charge is 2.48. The number of fused-ring (bicyclic) bond motifs is 2. The zero-order valence-corrected chi connectivity index (χ0v) is 24.1. The van der Waals surface area contributed by atoms with Crippen LogP contribution in [0, 0.1) is 0 Å². The monoisotopic (exact) mass is 592 g/mol. The van der Waals surface area contributed by atoms with Crippen molar-refractivity contribution in [3.63, 3.8) is 0 Å². The van der Waals surface area contributed by atoms with Gasteiger partial charge >= 0.3 is 5.91 Å². The van der Waals surface area contributed by atoms with E-state index in [0.29, 0.717) is 45.3 Å². The lowest BCUT2D eigenvalue weighted by Crippen LogP contribution is -2.29. The number of aliphatic hydroxyl groups excluding tert-OH is 1. The maximum Gasteiger partial charge on any atom is 0.301 e. The molecule has 41 heavy (non-hydrogen) atoms. The van der Waals surface area contributed by atoms with E-state index in [1.165, 1.54) is 37.6 Å². The Balaban J connectivity index is 1.59. The third kappa shape index (κ3) is 4.43. The number of thiazole rings is 1. The molecule has 0 radical (unpaired) electrons. The Morgan fingerprint density at radius 1 is 1.05 bits per heavy atom. The number of benzene rings is 3. The fourth-order valence-electron chi connectivity index (χ4n) is 5.32. The normalized spacial score (nSPS) is 19.4. The molecular formula is C30H25ClN2O7S. The largest absolute Gasteiger partial charge is 0.507 e. The van der Waals surface area contributed by atoms with Crippen LogP contribution < -0.4 is 23.8 Å². The van der Waals surface area contributed by atoms with Crippen LogP contribution >= 0.6 is 22.9 Å². The third-order valence-electron chi connectivity index (χ3n) is 7.16. The highest BCUT2D eigenvalue weighted by atomic mass is 35.5. The van der Waals surface area contributed by atoms with Gasteiger partial charge in [0.2, 0.25) is 5.75 Å². The van der Waals surface area contributed by atoms with Crippen LogP contribution in [0.1, 0.15) is 29.7 Å². The van der Waals surface area contributed by atoms with Gasteiger partial charge in [-0.2, -0.15) is 0 Å². The Labute approximate surface area is 244 Å². The summed E-state index contributed by atoms with van der Waals surface area (Å²) in [5, 5.41) is 12.4. The molecule has 0 aliphatic carbocycles. The molecule has 1 fully saturated rings. The zero-order valence-electron chi connectivity index (χ0n) is 22.6. The first kappa shape index (κ1) is 26.9. The summed E-state index contributed by atoms with van der Waals surface area (Å²) < 4.78 is 23.1. The summed E-state index contributed by atoms with van der Waals surface area (Å²) in [7, 11) is 4.43. The standard InChI is InChI=1S/C30H25ClN2O7S/c1-14-9-16-10-15(5-8-20(16)40-14)26(34)24-25(17-11-21(37-2)28(39-4)22(12-17)38-3)33(29(36)27(24)35)30-32-19-7-6-18(31)13-23(19)41-30/h5-8,10-14,25,34H,9H2,1-4H3/b26-24+/t14-,25+/m1/s1. The Kier molecular flexibility index (Phi) is 6.75. The first-order valence-electron chi connectivity index (χ1n) is 12.7. The average molecular weight is 593 g/mol. The molecule has 1 aromatic heterocycles. The van der Waals surface area contributed by atoms with Gasteiger partial charge in [-0.15, -0.1) is 0 Å². The van der Waals surface area contributed by atoms with E-state index in [0.717, 1.165) is 16.0 Å². The van der Waals surface area contributed by atoms with Gasteiger partial charge in [0.05, 0.1) is 43.2 Å². The van der Waals surface area contributed by atoms with Gasteiger partial charge in [-0.3, -0.25) is 14.5 Å². The molecular weight excluding hydrogens is 568 g/mol. The van der Waals surface area contributed by atoms with E-state index in [2.05, 4.69) is 4.98 Å². The summed E-state index contributed by atoms with van der Waals surface area (Å²) in [4.78, 5) is 33.4. The molecule has 2 aliphatic rings. The maximum absolute atomic E-state index is 13.7. The van der Waals surface area contributed by atoms with Crippen LogP contribution in [-0.4, -0.2) is 49.2 Å². The van der Waals surface area contributed by atoms with Crippen LogP contribution in [-0.2, 0) is 16.0 Å². The number of ketones is 1. The molecule has 6 rings (SSSR count). The van der Waals surface area contributed by atoms with Crippen molar-refractivity contribution in [1.29, 1.82) is 0 Å². The van der Waals surface area contributed by atoms with Crippen molar-refractivity contribution in [1.82, 2.24) is 4.98 Å².